The van der Waals surface area contributed by atoms with Crippen LogP contribution in [0.5, 0.6) is 0 Å². The Bertz CT molecular complexity index is 753. The predicted molar refractivity (Wildman–Crippen MR) is 86.5 cm³/mol. The molecule has 3 heterocycles. The van der Waals surface area contributed by atoms with E-state index in [1.165, 1.54) is 11.1 Å². The van der Waals surface area contributed by atoms with E-state index in [0.717, 1.165) is 35.3 Å². The summed E-state index contributed by atoms with van der Waals surface area (Å²) in [5.41, 5.74) is 3.43. The number of hydrogen-bond acceptors (Lipinski definition) is 4. The van der Waals surface area contributed by atoms with Gasteiger partial charge in [0.05, 0.1) is 10.7 Å². The molecule has 0 amide bonds. The smallest absolute Gasteiger partial charge is 0.171 e. The predicted octanol–water partition coefficient (Wildman–Crippen LogP) is 3.24. The van der Waals surface area contributed by atoms with Crippen LogP contribution in [-0.2, 0) is 6.42 Å². The number of fused-ring (bicyclic) bond motifs is 1. The van der Waals surface area contributed by atoms with Gasteiger partial charge in [-0.2, -0.15) is 5.10 Å². The van der Waals surface area contributed by atoms with Crippen molar-refractivity contribution in [2.75, 3.05) is 11.9 Å². The fraction of sp³-hybridized carbons (Fsp3) is 0.267. The molecule has 0 radical (unpaired) electrons. The van der Waals surface area contributed by atoms with Crippen LogP contribution in [0.1, 0.15) is 17.5 Å². The van der Waals surface area contributed by atoms with Gasteiger partial charge in [-0.3, -0.25) is 4.98 Å². The lowest BCUT2D eigenvalue weighted by molar-refractivity contribution is 0.848. The van der Waals surface area contributed by atoms with Crippen molar-refractivity contribution >= 4 is 27.4 Å². The van der Waals surface area contributed by atoms with Crippen molar-refractivity contribution in [3.05, 3.63) is 52.5 Å². The number of aromatic nitrogens is 4. The average molecular weight is 346 g/mol. The van der Waals surface area contributed by atoms with E-state index in [9.17, 15) is 0 Å². The SMILES string of the molecule is Cc1cnccc1CCCNc1ccn2ncc(Br)c2n1. The second-order valence-electron chi connectivity index (χ2n) is 4.91. The van der Waals surface area contributed by atoms with Gasteiger partial charge in [-0.25, -0.2) is 9.50 Å². The van der Waals surface area contributed by atoms with Crippen LogP contribution in [0.2, 0.25) is 0 Å². The number of halogens is 1. The molecule has 0 bridgehead atoms. The monoisotopic (exact) mass is 345 g/mol. The van der Waals surface area contributed by atoms with Gasteiger partial charge in [-0.1, -0.05) is 0 Å². The first kappa shape index (κ1) is 14.0. The first-order chi connectivity index (χ1) is 10.2. The van der Waals surface area contributed by atoms with Gasteiger partial charge in [0.1, 0.15) is 5.82 Å². The maximum atomic E-state index is 4.53. The zero-order valence-electron chi connectivity index (χ0n) is 11.8. The van der Waals surface area contributed by atoms with Crippen molar-refractivity contribution in [3.8, 4) is 0 Å². The molecule has 3 rings (SSSR count). The van der Waals surface area contributed by atoms with E-state index in [0.29, 0.717) is 0 Å². The molecule has 3 aromatic rings. The van der Waals surface area contributed by atoms with E-state index in [1.807, 2.05) is 24.7 Å². The molecule has 5 nitrogen and oxygen atoms in total. The normalized spacial score (nSPS) is 11.0. The Hall–Kier alpha value is -1.95. The number of nitrogens with zero attached hydrogens (tertiary/aromatic N) is 4. The standard InChI is InChI=1S/C15H16BrN5/c1-11-9-17-7-4-12(11)3-2-6-18-14-5-8-21-15(20-14)13(16)10-19-21/h4-5,7-10H,2-3,6H2,1H3,(H,18,20). The second-order valence-corrected chi connectivity index (χ2v) is 5.76. The average Bonchev–Trinajstić information content (AvgIpc) is 2.86. The maximum Gasteiger partial charge on any atom is 0.171 e. The zero-order chi connectivity index (χ0) is 14.7. The largest absolute Gasteiger partial charge is 0.370 e. The van der Waals surface area contributed by atoms with E-state index in [2.05, 4.69) is 49.3 Å². The molecule has 21 heavy (non-hydrogen) atoms. The molecule has 0 aliphatic carbocycles. The molecule has 0 fully saturated rings. The van der Waals surface area contributed by atoms with Crippen LogP contribution >= 0.6 is 15.9 Å². The molecule has 0 aromatic carbocycles. The molecular formula is C15H16BrN5. The summed E-state index contributed by atoms with van der Waals surface area (Å²) < 4.78 is 2.65. The molecule has 0 aliphatic rings. The zero-order valence-corrected chi connectivity index (χ0v) is 13.3. The van der Waals surface area contributed by atoms with Gasteiger partial charge in [0.15, 0.2) is 5.65 Å². The topological polar surface area (TPSA) is 55.1 Å². The Morgan fingerprint density at radius 2 is 2.19 bits per heavy atom. The number of anilines is 1. The Balaban J connectivity index is 1.57. The van der Waals surface area contributed by atoms with Crippen LogP contribution in [0.4, 0.5) is 5.82 Å². The minimum absolute atomic E-state index is 0.824. The fourth-order valence-corrected chi connectivity index (χ4v) is 2.58. The summed E-state index contributed by atoms with van der Waals surface area (Å²) >= 11 is 3.44. The third kappa shape index (κ3) is 3.21. The van der Waals surface area contributed by atoms with Gasteiger partial charge in [-0.05, 0) is 59.0 Å². The summed E-state index contributed by atoms with van der Waals surface area (Å²) in [6, 6.07) is 4.02. The highest BCUT2D eigenvalue weighted by Crippen LogP contribution is 2.16. The molecule has 0 aliphatic heterocycles. The van der Waals surface area contributed by atoms with Gasteiger partial charge in [0, 0.05) is 25.1 Å². The van der Waals surface area contributed by atoms with Crippen molar-refractivity contribution in [1.29, 1.82) is 0 Å². The van der Waals surface area contributed by atoms with Crippen molar-refractivity contribution in [2.24, 2.45) is 0 Å². The minimum Gasteiger partial charge on any atom is -0.370 e. The third-order valence-electron chi connectivity index (χ3n) is 3.39. The molecule has 3 aromatic heterocycles. The van der Waals surface area contributed by atoms with Gasteiger partial charge >= 0.3 is 0 Å². The van der Waals surface area contributed by atoms with E-state index >= 15 is 0 Å². The number of rotatable bonds is 5. The molecule has 0 spiro atoms. The minimum atomic E-state index is 0.824. The van der Waals surface area contributed by atoms with E-state index in [1.54, 1.807) is 10.7 Å². The van der Waals surface area contributed by atoms with Gasteiger partial charge in [0.25, 0.3) is 0 Å². The quantitative estimate of drug-likeness (QED) is 0.721. The summed E-state index contributed by atoms with van der Waals surface area (Å²) in [6.45, 7) is 2.99. The third-order valence-corrected chi connectivity index (χ3v) is 3.95. The Labute approximate surface area is 131 Å². The molecule has 0 saturated heterocycles. The summed E-state index contributed by atoms with van der Waals surface area (Å²) in [7, 11) is 0. The van der Waals surface area contributed by atoms with Crippen molar-refractivity contribution in [1.82, 2.24) is 19.6 Å². The summed E-state index contributed by atoms with van der Waals surface area (Å²) in [4.78, 5) is 8.64. The summed E-state index contributed by atoms with van der Waals surface area (Å²) in [6.07, 6.45) is 9.51. The lowest BCUT2D eigenvalue weighted by Gasteiger charge is -2.07. The molecule has 108 valence electrons. The fourth-order valence-electron chi connectivity index (χ4n) is 2.22. The summed E-state index contributed by atoms with van der Waals surface area (Å²) in [5, 5.41) is 7.53. The molecule has 0 unspecified atom stereocenters. The van der Waals surface area contributed by atoms with Crippen molar-refractivity contribution in [3.63, 3.8) is 0 Å². The van der Waals surface area contributed by atoms with E-state index in [-0.39, 0.29) is 0 Å². The Morgan fingerprint density at radius 3 is 3.05 bits per heavy atom. The van der Waals surface area contributed by atoms with Crippen LogP contribution in [0.3, 0.4) is 0 Å². The van der Waals surface area contributed by atoms with Crippen molar-refractivity contribution in [2.45, 2.75) is 19.8 Å². The Morgan fingerprint density at radius 1 is 1.29 bits per heavy atom. The lowest BCUT2D eigenvalue weighted by Crippen LogP contribution is -2.06. The van der Waals surface area contributed by atoms with Crippen LogP contribution in [0.15, 0.2) is 41.4 Å². The van der Waals surface area contributed by atoms with Gasteiger partial charge < -0.3 is 5.32 Å². The second kappa shape index (κ2) is 6.22. The number of hydrogen-bond donors (Lipinski definition) is 1. The summed E-state index contributed by atoms with van der Waals surface area (Å²) in [5.74, 6) is 0.871. The highest BCUT2D eigenvalue weighted by atomic mass is 79.9. The maximum absolute atomic E-state index is 4.53. The van der Waals surface area contributed by atoms with Crippen molar-refractivity contribution < 1.29 is 0 Å². The van der Waals surface area contributed by atoms with E-state index < -0.39 is 0 Å². The van der Waals surface area contributed by atoms with Gasteiger partial charge in [-0.15, -0.1) is 0 Å². The molecule has 0 atom stereocenters. The van der Waals surface area contributed by atoms with Gasteiger partial charge in [0.2, 0.25) is 0 Å². The number of nitrogens with one attached hydrogen (secondary N) is 1. The number of aryl methyl sites for hydroxylation is 2. The molecule has 6 heteroatoms. The van der Waals surface area contributed by atoms with Crippen LogP contribution in [0.25, 0.3) is 5.65 Å². The molecule has 0 saturated carbocycles. The first-order valence-electron chi connectivity index (χ1n) is 6.87. The Kier molecular flexibility index (Phi) is 4.15. The van der Waals surface area contributed by atoms with Crippen LogP contribution in [-0.4, -0.2) is 26.1 Å². The highest BCUT2D eigenvalue weighted by molar-refractivity contribution is 9.10. The van der Waals surface area contributed by atoms with Crippen LogP contribution in [0, 0.1) is 6.92 Å². The molecule has 1 N–H and O–H groups in total. The highest BCUT2D eigenvalue weighted by Gasteiger charge is 2.03. The van der Waals surface area contributed by atoms with Crippen LogP contribution < -0.4 is 5.32 Å². The molecular weight excluding hydrogens is 330 g/mol. The lowest BCUT2D eigenvalue weighted by atomic mass is 10.1. The number of pyridine rings is 1. The first-order valence-corrected chi connectivity index (χ1v) is 7.66. The van der Waals surface area contributed by atoms with E-state index in [4.69, 9.17) is 0 Å².